The number of nitrogens with zero attached hydrogens (tertiary/aromatic N) is 3. The fourth-order valence-corrected chi connectivity index (χ4v) is 2.74. The van der Waals surface area contributed by atoms with Crippen LogP contribution in [0.2, 0.25) is 0 Å². The number of carbonyl (C=O) groups excluding carboxylic acids is 2. The molecule has 7 nitrogen and oxygen atoms in total. The molecule has 7 heteroatoms. The molecule has 1 aliphatic rings. The molecular formula is C16H19N5O2. The maximum absolute atomic E-state index is 12.5. The highest BCUT2D eigenvalue weighted by Gasteiger charge is 2.34. The van der Waals surface area contributed by atoms with Crippen LogP contribution in [0.3, 0.4) is 0 Å². The van der Waals surface area contributed by atoms with Gasteiger partial charge in [-0.1, -0.05) is 6.07 Å². The van der Waals surface area contributed by atoms with E-state index in [0.717, 1.165) is 11.3 Å². The first kappa shape index (κ1) is 15.1. The first-order valence-corrected chi connectivity index (χ1v) is 7.42. The number of hydrogen-bond acceptors (Lipinski definition) is 4. The lowest BCUT2D eigenvalue weighted by molar-refractivity contribution is -0.118. The minimum Gasteiger partial charge on any atom is -0.399 e. The molecule has 0 radical (unpaired) electrons. The monoisotopic (exact) mass is 313 g/mol. The number of amides is 2. The summed E-state index contributed by atoms with van der Waals surface area (Å²) in [6.45, 7) is 2.40. The molecule has 2 heterocycles. The fourth-order valence-electron chi connectivity index (χ4n) is 2.74. The number of anilines is 2. The minimum atomic E-state index is -0.525. The Morgan fingerprint density at radius 3 is 2.91 bits per heavy atom. The Kier molecular flexibility index (Phi) is 3.77. The SMILES string of the molecule is Cc1ccc(N)cc1C(=O)NC1CCN(c2cnn(C)c2)C1=O. The molecule has 1 saturated heterocycles. The van der Waals surface area contributed by atoms with Crippen LogP contribution in [0.15, 0.2) is 30.6 Å². The van der Waals surface area contributed by atoms with Crippen molar-refractivity contribution in [3.8, 4) is 0 Å². The van der Waals surface area contributed by atoms with Gasteiger partial charge < -0.3 is 16.0 Å². The summed E-state index contributed by atoms with van der Waals surface area (Å²) in [5.74, 6) is -0.394. The van der Waals surface area contributed by atoms with Gasteiger partial charge in [-0.3, -0.25) is 14.3 Å². The van der Waals surface area contributed by atoms with Crippen LogP contribution in [0.5, 0.6) is 0 Å². The zero-order valence-electron chi connectivity index (χ0n) is 13.1. The van der Waals surface area contributed by atoms with E-state index in [2.05, 4.69) is 10.4 Å². The van der Waals surface area contributed by atoms with Crippen molar-refractivity contribution < 1.29 is 9.59 Å². The van der Waals surface area contributed by atoms with Crippen molar-refractivity contribution in [3.63, 3.8) is 0 Å². The van der Waals surface area contributed by atoms with E-state index >= 15 is 0 Å². The minimum absolute atomic E-state index is 0.118. The zero-order valence-corrected chi connectivity index (χ0v) is 13.1. The van der Waals surface area contributed by atoms with E-state index < -0.39 is 6.04 Å². The van der Waals surface area contributed by atoms with Gasteiger partial charge in [0.25, 0.3) is 5.91 Å². The highest BCUT2D eigenvalue weighted by atomic mass is 16.2. The molecule has 0 spiro atoms. The van der Waals surface area contributed by atoms with Crippen LogP contribution in [0.25, 0.3) is 0 Å². The maximum atomic E-state index is 12.5. The number of aryl methyl sites for hydroxylation is 2. The molecular weight excluding hydrogens is 294 g/mol. The molecule has 1 aromatic carbocycles. The third kappa shape index (κ3) is 2.90. The number of aromatic nitrogens is 2. The Morgan fingerprint density at radius 2 is 2.22 bits per heavy atom. The number of hydrogen-bond donors (Lipinski definition) is 2. The van der Waals surface area contributed by atoms with E-state index in [1.165, 1.54) is 0 Å². The molecule has 1 aliphatic heterocycles. The topological polar surface area (TPSA) is 93.2 Å². The van der Waals surface area contributed by atoms with Crippen molar-refractivity contribution in [2.24, 2.45) is 7.05 Å². The summed E-state index contributed by atoms with van der Waals surface area (Å²) in [6, 6.07) is 4.64. The summed E-state index contributed by atoms with van der Waals surface area (Å²) >= 11 is 0. The lowest BCUT2D eigenvalue weighted by atomic mass is 10.1. The molecule has 1 aromatic heterocycles. The van der Waals surface area contributed by atoms with Gasteiger partial charge in [-0.05, 0) is 31.0 Å². The van der Waals surface area contributed by atoms with Crippen LogP contribution in [0.4, 0.5) is 11.4 Å². The van der Waals surface area contributed by atoms with Gasteiger partial charge in [0.1, 0.15) is 6.04 Å². The van der Waals surface area contributed by atoms with Crippen molar-refractivity contribution in [2.75, 3.05) is 17.2 Å². The summed E-state index contributed by atoms with van der Waals surface area (Å²) < 4.78 is 1.64. The van der Waals surface area contributed by atoms with Crippen molar-refractivity contribution in [1.29, 1.82) is 0 Å². The Morgan fingerprint density at radius 1 is 1.43 bits per heavy atom. The average Bonchev–Trinajstić information content (AvgIpc) is 3.08. The molecule has 3 rings (SSSR count). The first-order chi connectivity index (χ1) is 11.0. The number of nitrogens with one attached hydrogen (secondary N) is 1. The number of nitrogen functional groups attached to an aromatic ring is 1. The van der Waals surface area contributed by atoms with E-state index in [1.54, 1.807) is 47.2 Å². The van der Waals surface area contributed by atoms with Crippen LogP contribution >= 0.6 is 0 Å². The third-order valence-corrected chi connectivity index (χ3v) is 4.02. The summed E-state index contributed by atoms with van der Waals surface area (Å²) in [6.07, 6.45) is 4.00. The van der Waals surface area contributed by atoms with Gasteiger partial charge in [0.2, 0.25) is 5.91 Å². The number of carbonyl (C=O) groups is 2. The highest BCUT2D eigenvalue weighted by molar-refractivity contribution is 6.04. The van der Waals surface area contributed by atoms with Gasteiger partial charge in [-0.15, -0.1) is 0 Å². The number of rotatable bonds is 3. The summed E-state index contributed by atoms with van der Waals surface area (Å²) in [7, 11) is 1.80. The van der Waals surface area contributed by atoms with Gasteiger partial charge in [0.05, 0.1) is 11.9 Å². The second-order valence-electron chi connectivity index (χ2n) is 5.75. The van der Waals surface area contributed by atoms with Crippen molar-refractivity contribution in [3.05, 3.63) is 41.7 Å². The quantitative estimate of drug-likeness (QED) is 0.821. The second-order valence-corrected chi connectivity index (χ2v) is 5.75. The standard InChI is InChI=1S/C16H19N5O2/c1-10-3-4-11(17)7-13(10)15(22)19-14-5-6-21(16(14)23)12-8-18-20(2)9-12/h3-4,7-9,14H,5-6,17H2,1-2H3,(H,19,22). The van der Waals surface area contributed by atoms with Gasteiger partial charge in [-0.2, -0.15) is 5.10 Å². The van der Waals surface area contributed by atoms with Crippen molar-refractivity contribution in [1.82, 2.24) is 15.1 Å². The molecule has 0 aliphatic carbocycles. The molecule has 1 fully saturated rings. The average molecular weight is 313 g/mol. The third-order valence-electron chi connectivity index (χ3n) is 4.02. The molecule has 23 heavy (non-hydrogen) atoms. The van der Waals surface area contributed by atoms with E-state index in [1.807, 2.05) is 6.92 Å². The van der Waals surface area contributed by atoms with Crippen molar-refractivity contribution in [2.45, 2.75) is 19.4 Å². The lowest BCUT2D eigenvalue weighted by Gasteiger charge is -2.15. The molecule has 1 atom stereocenters. The fraction of sp³-hybridized carbons (Fsp3) is 0.312. The Hall–Kier alpha value is -2.83. The number of nitrogens with two attached hydrogens (primary N) is 1. The molecule has 2 amide bonds. The molecule has 120 valence electrons. The van der Waals surface area contributed by atoms with E-state index in [0.29, 0.717) is 24.2 Å². The van der Waals surface area contributed by atoms with E-state index in [-0.39, 0.29) is 11.8 Å². The van der Waals surface area contributed by atoms with Gasteiger partial charge >= 0.3 is 0 Å². The van der Waals surface area contributed by atoms with Crippen LogP contribution in [0, 0.1) is 6.92 Å². The van der Waals surface area contributed by atoms with Crippen LogP contribution < -0.4 is 16.0 Å². The van der Waals surface area contributed by atoms with E-state index in [9.17, 15) is 9.59 Å². The predicted octanol–water partition coefficient (Wildman–Crippen LogP) is 0.846. The van der Waals surface area contributed by atoms with Crippen LogP contribution in [0.1, 0.15) is 22.3 Å². The Bertz CT molecular complexity index is 768. The molecule has 0 bridgehead atoms. The molecule has 3 N–H and O–H groups in total. The second kappa shape index (κ2) is 5.75. The van der Waals surface area contributed by atoms with E-state index in [4.69, 9.17) is 5.73 Å². The van der Waals surface area contributed by atoms with Gasteiger partial charge in [0, 0.05) is 31.0 Å². The smallest absolute Gasteiger partial charge is 0.252 e. The molecule has 1 unspecified atom stereocenters. The summed E-state index contributed by atoms with van der Waals surface area (Å²) in [4.78, 5) is 26.5. The first-order valence-electron chi connectivity index (χ1n) is 7.42. The molecule has 2 aromatic rings. The van der Waals surface area contributed by atoms with Crippen LogP contribution in [-0.2, 0) is 11.8 Å². The largest absolute Gasteiger partial charge is 0.399 e. The summed E-state index contributed by atoms with van der Waals surface area (Å²) in [5, 5.41) is 6.88. The lowest BCUT2D eigenvalue weighted by Crippen LogP contribution is -2.41. The summed E-state index contributed by atoms with van der Waals surface area (Å²) in [5.41, 5.74) is 8.33. The van der Waals surface area contributed by atoms with Crippen molar-refractivity contribution >= 4 is 23.2 Å². The highest BCUT2D eigenvalue weighted by Crippen LogP contribution is 2.21. The van der Waals surface area contributed by atoms with Gasteiger partial charge in [-0.25, -0.2) is 0 Å². The number of benzene rings is 1. The van der Waals surface area contributed by atoms with Crippen LogP contribution in [-0.4, -0.2) is 34.2 Å². The zero-order chi connectivity index (χ0) is 16.6. The predicted molar refractivity (Wildman–Crippen MR) is 87.0 cm³/mol. The normalized spacial score (nSPS) is 17.6. The Balaban J connectivity index is 1.73. The maximum Gasteiger partial charge on any atom is 0.252 e. The van der Waals surface area contributed by atoms with Gasteiger partial charge in [0.15, 0.2) is 0 Å². The molecule has 0 saturated carbocycles. The Labute approximate surface area is 134 Å².